The Balaban J connectivity index is 2.70. The van der Waals surface area contributed by atoms with E-state index < -0.39 is 12.6 Å². The monoisotopic (exact) mass is 291 g/mol. The number of hydrogen-bond acceptors (Lipinski definition) is 2. The van der Waals surface area contributed by atoms with Crippen molar-refractivity contribution in [1.82, 2.24) is 5.32 Å². The molecule has 0 radical (unpaired) electrons. The molecule has 1 aromatic carbocycles. The van der Waals surface area contributed by atoms with Crippen LogP contribution in [-0.4, -0.2) is 19.0 Å². The lowest BCUT2D eigenvalue weighted by molar-refractivity contribution is -0.136. The van der Waals surface area contributed by atoms with Crippen LogP contribution in [0.15, 0.2) is 29.2 Å². The van der Waals surface area contributed by atoms with Crippen molar-refractivity contribution in [2.45, 2.75) is 43.3 Å². The molecule has 5 heteroatoms. The van der Waals surface area contributed by atoms with Crippen LogP contribution >= 0.6 is 11.8 Å². The summed E-state index contributed by atoms with van der Waals surface area (Å²) in [5, 5.41) is 3.19. The van der Waals surface area contributed by atoms with Gasteiger partial charge in [-0.3, -0.25) is 0 Å². The van der Waals surface area contributed by atoms with Crippen molar-refractivity contribution in [3.63, 3.8) is 0 Å². The van der Waals surface area contributed by atoms with Crippen LogP contribution in [-0.2, 0) is 0 Å². The first-order chi connectivity index (χ1) is 8.96. The first-order valence-corrected chi connectivity index (χ1v) is 7.63. The van der Waals surface area contributed by atoms with Crippen LogP contribution in [0.3, 0.4) is 0 Å². The average Bonchev–Trinajstić information content (AvgIpc) is 2.38. The van der Waals surface area contributed by atoms with Gasteiger partial charge < -0.3 is 5.32 Å². The molecule has 1 unspecified atom stereocenters. The van der Waals surface area contributed by atoms with Gasteiger partial charge >= 0.3 is 6.18 Å². The number of alkyl halides is 3. The maximum Gasteiger partial charge on any atom is 0.389 e. The Labute approximate surface area is 117 Å². The van der Waals surface area contributed by atoms with E-state index in [2.05, 4.69) is 5.32 Å². The standard InChI is InChI=1S/C14H20F3NS/c1-3-10-18-13(8-9-14(15,16)17)11-4-6-12(19-2)7-5-11/h4-7,13,18H,3,8-10H2,1-2H3. The summed E-state index contributed by atoms with van der Waals surface area (Å²) in [6.45, 7) is 2.73. The maximum atomic E-state index is 12.3. The van der Waals surface area contributed by atoms with Crippen molar-refractivity contribution < 1.29 is 13.2 Å². The molecule has 0 amide bonds. The summed E-state index contributed by atoms with van der Waals surface area (Å²) >= 11 is 1.62. The Morgan fingerprint density at radius 3 is 2.32 bits per heavy atom. The second kappa shape index (κ2) is 7.80. The number of nitrogens with one attached hydrogen (secondary N) is 1. The van der Waals surface area contributed by atoms with Crippen molar-refractivity contribution in [3.05, 3.63) is 29.8 Å². The molecule has 1 aromatic rings. The Morgan fingerprint density at radius 2 is 1.84 bits per heavy atom. The van der Waals surface area contributed by atoms with Gasteiger partial charge in [0.15, 0.2) is 0 Å². The summed E-state index contributed by atoms with van der Waals surface area (Å²) in [4.78, 5) is 1.12. The fraction of sp³-hybridized carbons (Fsp3) is 0.571. The summed E-state index contributed by atoms with van der Waals surface area (Å²) in [6, 6.07) is 7.51. The number of hydrogen-bond donors (Lipinski definition) is 1. The molecule has 0 heterocycles. The van der Waals surface area contributed by atoms with Gasteiger partial charge in [0, 0.05) is 17.4 Å². The lowest BCUT2D eigenvalue weighted by Crippen LogP contribution is -2.24. The van der Waals surface area contributed by atoms with Crippen LogP contribution in [0, 0.1) is 0 Å². The predicted molar refractivity (Wildman–Crippen MR) is 74.5 cm³/mol. The number of rotatable bonds is 7. The van der Waals surface area contributed by atoms with Crippen molar-refractivity contribution in [2.24, 2.45) is 0 Å². The van der Waals surface area contributed by atoms with Crippen LogP contribution in [0.5, 0.6) is 0 Å². The van der Waals surface area contributed by atoms with Crippen molar-refractivity contribution in [3.8, 4) is 0 Å². The van der Waals surface area contributed by atoms with E-state index in [1.165, 1.54) is 0 Å². The molecule has 0 aromatic heterocycles. The molecular formula is C14H20F3NS. The third-order valence-corrected chi connectivity index (χ3v) is 3.62. The summed E-state index contributed by atoms with van der Waals surface area (Å²) in [6.07, 6.45) is -1.87. The SMILES string of the molecule is CCCNC(CCC(F)(F)F)c1ccc(SC)cc1. The Kier molecular flexibility index (Phi) is 6.72. The minimum absolute atomic E-state index is 0.0854. The van der Waals surface area contributed by atoms with Crippen molar-refractivity contribution >= 4 is 11.8 Å². The molecule has 0 aliphatic rings. The smallest absolute Gasteiger partial charge is 0.310 e. The lowest BCUT2D eigenvalue weighted by atomic mass is 10.0. The highest BCUT2D eigenvalue weighted by Crippen LogP contribution is 2.28. The molecule has 0 bridgehead atoms. The molecule has 0 aliphatic heterocycles. The Bertz CT molecular complexity index is 362. The topological polar surface area (TPSA) is 12.0 Å². The van der Waals surface area contributed by atoms with E-state index in [4.69, 9.17) is 0 Å². The van der Waals surface area contributed by atoms with Crippen LogP contribution in [0.2, 0.25) is 0 Å². The molecule has 1 nitrogen and oxygen atoms in total. The summed E-state index contributed by atoms with van der Waals surface area (Å²) < 4.78 is 37.0. The van der Waals surface area contributed by atoms with Crippen LogP contribution < -0.4 is 5.32 Å². The molecule has 1 N–H and O–H groups in total. The molecule has 1 atom stereocenters. The summed E-state index contributed by atoms with van der Waals surface area (Å²) in [7, 11) is 0. The highest BCUT2D eigenvalue weighted by molar-refractivity contribution is 7.98. The third kappa shape index (κ3) is 6.34. The van der Waals surface area contributed by atoms with E-state index in [0.29, 0.717) is 0 Å². The van der Waals surface area contributed by atoms with Crippen molar-refractivity contribution in [1.29, 1.82) is 0 Å². The quantitative estimate of drug-likeness (QED) is 0.725. The average molecular weight is 291 g/mol. The molecule has 0 saturated carbocycles. The molecule has 0 saturated heterocycles. The first kappa shape index (κ1) is 16.4. The van der Waals surface area contributed by atoms with Crippen LogP contribution in [0.4, 0.5) is 13.2 Å². The van der Waals surface area contributed by atoms with Gasteiger partial charge in [0.1, 0.15) is 0 Å². The predicted octanol–water partition coefficient (Wildman–Crippen LogP) is 4.79. The zero-order valence-electron chi connectivity index (χ0n) is 11.3. The highest BCUT2D eigenvalue weighted by Gasteiger charge is 2.28. The molecule has 108 valence electrons. The molecule has 0 aliphatic carbocycles. The van der Waals surface area contributed by atoms with Gasteiger partial charge in [0.05, 0.1) is 0 Å². The minimum Gasteiger partial charge on any atom is -0.310 e. The van der Waals surface area contributed by atoms with Crippen molar-refractivity contribution in [2.75, 3.05) is 12.8 Å². The van der Waals surface area contributed by atoms with Gasteiger partial charge in [0.25, 0.3) is 0 Å². The van der Waals surface area contributed by atoms with E-state index >= 15 is 0 Å². The second-order valence-corrected chi connectivity index (χ2v) is 5.31. The maximum absolute atomic E-state index is 12.3. The van der Waals surface area contributed by atoms with Crippen LogP contribution in [0.1, 0.15) is 37.8 Å². The third-order valence-electron chi connectivity index (χ3n) is 2.88. The van der Waals surface area contributed by atoms with E-state index in [0.717, 1.165) is 23.4 Å². The normalized spacial score (nSPS) is 13.5. The Morgan fingerprint density at radius 1 is 1.21 bits per heavy atom. The molecule has 0 fully saturated rings. The van der Waals surface area contributed by atoms with E-state index in [-0.39, 0.29) is 12.5 Å². The number of halogens is 3. The van der Waals surface area contributed by atoms with Gasteiger partial charge in [-0.15, -0.1) is 11.8 Å². The van der Waals surface area contributed by atoms with Gasteiger partial charge in [-0.1, -0.05) is 19.1 Å². The summed E-state index contributed by atoms with van der Waals surface area (Å²) in [5.74, 6) is 0. The van der Waals surface area contributed by atoms with Gasteiger partial charge in [-0.05, 0) is 43.3 Å². The first-order valence-electron chi connectivity index (χ1n) is 6.40. The lowest BCUT2D eigenvalue weighted by Gasteiger charge is -2.20. The highest BCUT2D eigenvalue weighted by atomic mass is 32.2. The zero-order valence-corrected chi connectivity index (χ0v) is 12.1. The second-order valence-electron chi connectivity index (χ2n) is 4.43. The summed E-state index contributed by atoms with van der Waals surface area (Å²) in [5.41, 5.74) is 0.926. The zero-order chi connectivity index (χ0) is 14.3. The molecule has 0 spiro atoms. The number of thioether (sulfide) groups is 1. The fourth-order valence-corrected chi connectivity index (χ4v) is 2.26. The molecular weight excluding hydrogens is 271 g/mol. The number of benzene rings is 1. The van der Waals surface area contributed by atoms with Crippen LogP contribution in [0.25, 0.3) is 0 Å². The fourth-order valence-electron chi connectivity index (χ4n) is 1.85. The van der Waals surface area contributed by atoms with Gasteiger partial charge in [-0.25, -0.2) is 0 Å². The Hall–Kier alpha value is -0.680. The van der Waals surface area contributed by atoms with E-state index in [1.54, 1.807) is 11.8 Å². The molecule has 1 rings (SSSR count). The van der Waals surface area contributed by atoms with E-state index in [9.17, 15) is 13.2 Å². The minimum atomic E-state index is -4.09. The molecule has 19 heavy (non-hydrogen) atoms. The van der Waals surface area contributed by atoms with Gasteiger partial charge in [-0.2, -0.15) is 13.2 Å². The largest absolute Gasteiger partial charge is 0.389 e. The van der Waals surface area contributed by atoms with E-state index in [1.807, 2.05) is 37.4 Å². The van der Waals surface area contributed by atoms with Gasteiger partial charge in [0.2, 0.25) is 0 Å².